The van der Waals surface area contributed by atoms with Crippen molar-refractivity contribution < 1.29 is 4.74 Å². The van der Waals surface area contributed by atoms with Crippen LogP contribution in [0.4, 0.5) is 0 Å². The quantitative estimate of drug-likeness (QED) is 0.904. The van der Waals surface area contributed by atoms with Crippen LogP contribution in [0.3, 0.4) is 0 Å². The maximum atomic E-state index is 6.17. The lowest BCUT2D eigenvalue weighted by Gasteiger charge is -2.38. The number of benzene rings is 1. The molecule has 1 fully saturated rings. The van der Waals surface area contributed by atoms with E-state index in [1.54, 1.807) is 7.11 Å². The minimum atomic E-state index is 0.108. The van der Waals surface area contributed by atoms with Gasteiger partial charge < -0.3 is 10.5 Å². The maximum Gasteiger partial charge on any atom is 0.0715 e. The smallest absolute Gasteiger partial charge is 0.0715 e. The zero-order chi connectivity index (χ0) is 13.0. The molecule has 1 aliphatic carbocycles. The monoisotopic (exact) mass is 267 g/mol. The van der Waals surface area contributed by atoms with Crippen LogP contribution in [0.25, 0.3) is 0 Å². The Morgan fingerprint density at radius 2 is 2.00 bits per heavy atom. The van der Waals surface area contributed by atoms with Gasteiger partial charge >= 0.3 is 0 Å². The molecule has 1 aliphatic rings. The number of halogens is 1. The van der Waals surface area contributed by atoms with Gasteiger partial charge in [-0.1, -0.05) is 36.9 Å². The van der Waals surface area contributed by atoms with Crippen LogP contribution in [0.2, 0.25) is 5.02 Å². The number of nitrogens with two attached hydrogens (primary N) is 1. The van der Waals surface area contributed by atoms with Gasteiger partial charge in [-0.25, -0.2) is 0 Å². The van der Waals surface area contributed by atoms with Gasteiger partial charge in [0.05, 0.1) is 6.61 Å². The third kappa shape index (κ3) is 2.71. The molecular weight excluding hydrogens is 246 g/mol. The first-order valence-corrected chi connectivity index (χ1v) is 7.07. The van der Waals surface area contributed by atoms with Crippen LogP contribution in [0, 0.1) is 0 Å². The summed E-state index contributed by atoms with van der Waals surface area (Å²) in [7, 11) is 1.73. The van der Waals surface area contributed by atoms with Gasteiger partial charge in [0.25, 0.3) is 0 Å². The summed E-state index contributed by atoms with van der Waals surface area (Å²) >= 11 is 6.17. The lowest BCUT2D eigenvalue weighted by molar-refractivity contribution is 0.181. The molecule has 0 unspecified atom stereocenters. The van der Waals surface area contributed by atoms with E-state index in [1.807, 2.05) is 6.07 Å². The minimum absolute atomic E-state index is 0.108. The first-order valence-electron chi connectivity index (χ1n) is 6.70. The Morgan fingerprint density at radius 3 is 2.61 bits per heavy atom. The van der Waals surface area contributed by atoms with Crippen LogP contribution in [-0.2, 0) is 16.8 Å². The number of hydrogen-bond acceptors (Lipinski definition) is 2. The van der Waals surface area contributed by atoms with E-state index in [0.29, 0.717) is 13.2 Å². The zero-order valence-electron chi connectivity index (χ0n) is 11.0. The van der Waals surface area contributed by atoms with Gasteiger partial charge in [-0.05, 0) is 36.1 Å². The Morgan fingerprint density at radius 1 is 1.28 bits per heavy atom. The Hall–Kier alpha value is -0.570. The van der Waals surface area contributed by atoms with Gasteiger partial charge in [-0.3, -0.25) is 0 Å². The molecule has 100 valence electrons. The molecule has 18 heavy (non-hydrogen) atoms. The van der Waals surface area contributed by atoms with Crippen LogP contribution in [0.5, 0.6) is 0 Å². The van der Waals surface area contributed by atoms with Crippen molar-refractivity contribution in [3.8, 4) is 0 Å². The van der Waals surface area contributed by atoms with Gasteiger partial charge in [-0.15, -0.1) is 0 Å². The first-order chi connectivity index (χ1) is 8.72. The van der Waals surface area contributed by atoms with Crippen molar-refractivity contribution in [1.82, 2.24) is 0 Å². The van der Waals surface area contributed by atoms with Crippen molar-refractivity contribution in [2.75, 3.05) is 13.7 Å². The average Bonchev–Trinajstić information content (AvgIpc) is 2.42. The molecule has 0 heterocycles. The highest BCUT2D eigenvalue weighted by Gasteiger charge is 2.34. The van der Waals surface area contributed by atoms with Gasteiger partial charge in [0, 0.05) is 24.1 Å². The largest absolute Gasteiger partial charge is 0.380 e. The number of hydrogen-bond donors (Lipinski definition) is 1. The molecule has 1 aromatic carbocycles. The van der Waals surface area contributed by atoms with E-state index in [4.69, 9.17) is 22.1 Å². The molecule has 0 atom stereocenters. The Bertz CT molecular complexity index is 399. The van der Waals surface area contributed by atoms with Crippen molar-refractivity contribution >= 4 is 11.6 Å². The zero-order valence-corrected chi connectivity index (χ0v) is 11.8. The highest BCUT2D eigenvalue weighted by molar-refractivity contribution is 6.30. The topological polar surface area (TPSA) is 35.2 Å². The van der Waals surface area contributed by atoms with E-state index in [2.05, 4.69) is 12.1 Å². The fourth-order valence-corrected chi connectivity index (χ4v) is 3.31. The fraction of sp³-hybridized carbons (Fsp3) is 0.600. The van der Waals surface area contributed by atoms with Gasteiger partial charge in [0.1, 0.15) is 0 Å². The van der Waals surface area contributed by atoms with E-state index in [0.717, 1.165) is 5.02 Å². The Balaban J connectivity index is 2.42. The van der Waals surface area contributed by atoms with Gasteiger partial charge in [0.15, 0.2) is 0 Å². The van der Waals surface area contributed by atoms with Crippen molar-refractivity contribution in [2.24, 2.45) is 5.73 Å². The predicted molar refractivity (Wildman–Crippen MR) is 76.0 cm³/mol. The molecule has 0 amide bonds. The van der Waals surface area contributed by atoms with Crippen LogP contribution in [-0.4, -0.2) is 13.7 Å². The molecule has 2 N–H and O–H groups in total. The standard InChI is InChI=1S/C15H22ClNO/c1-18-10-12-5-6-13(16)9-14(12)15(11-17)7-3-2-4-8-15/h5-6,9H,2-4,7-8,10-11,17H2,1H3. The minimum Gasteiger partial charge on any atom is -0.380 e. The van der Waals surface area contributed by atoms with Crippen LogP contribution in [0.1, 0.15) is 43.2 Å². The molecule has 1 aromatic rings. The maximum absolute atomic E-state index is 6.17. The lowest BCUT2D eigenvalue weighted by atomic mass is 9.68. The normalized spacial score (nSPS) is 18.8. The molecule has 2 rings (SSSR count). The molecule has 0 aromatic heterocycles. The summed E-state index contributed by atoms with van der Waals surface area (Å²) in [5.74, 6) is 0. The highest BCUT2D eigenvalue weighted by Crippen LogP contribution is 2.41. The van der Waals surface area contributed by atoms with Crippen molar-refractivity contribution in [3.63, 3.8) is 0 Å². The van der Waals surface area contributed by atoms with Crippen molar-refractivity contribution in [2.45, 2.75) is 44.1 Å². The van der Waals surface area contributed by atoms with Crippen molar-refractivity contribution in [1.29, 1.82) is 0 Å². The third-order valence-electron chi connectivity index (χ3n) is 4.14. The molecule has 1 saturated carbocycles. The summed E-state index contributed by atoms with van der Waals surface area (Å²) in [6, 6.07) is 6.10. The van der Waals surface area contributed by atoms with E-state index in [9.17, 15) is 0 Å². The average molecular weight is 268 g/mol. The molecular formula is C15H22ClNO. The SMILES string of the molecule is COCc1ccc(Cl)cc1C1(CN)CCCCC1. The van der Waals surface area contributed by atoms with Crippen LogP contribution < -0.4 is 5.73 Å². The number of ether oxygens (including phenoxy) is 1. The van der Waals surface area contributed by atoms with Crippen molar-refractivity contribution in [3.05, 3.63) is 34.3 Å². The molecule has 0 bridgehead atoms. The molecule has 2 nitrogen and oxygen atoms in total. The summed E-state index contributed by atoms with van der Waals surface area (Å²) in [5, 5.41) is 0.795. The van der Waals surface area contributed by atoms with Crippen LogP contribution in [0.15, 0.2) is 18.2 Å². The Labute approximate surface area is 114 Å². The van der Waals surface area contributed by atoms with E-state index < -0.39 is 0 Å². The van der Waals surface area contributed by atoms with Crippen LogP contribution >= 0.6 is 11.6 Å². The second-order valence-corrected chi connectivity index (χ2v) is 5.72. The summed E-state index contributed by atoms with van der Waals surface area (Å²) in [5.41, 5.74) is 8.75. The molecule has 0 aliphatic heterocycles. The summed E-state index contributed by atoms with van der Waals surface area (Å²) in [4.78, 5) is 0. The molecule has 0 saturated heterocycles. The third-order valence-corrected chi connectivity index (χ3v) is 4.38. The summed E-state index contributed by atoms with van der Waals surface area (Å²) in [6.07, 6.45) is 6.18. The highest BCUT2D eigenvalue weighted by atomic mass is 35.5. The predicted octanol–water partition coefficient (Wildman–Crippen LogP) is 3.65. The number of rotatable bonds is 4. The van der Waals surface area contributed by atoms with Gasteiger partial charge in [-0.2, -0.15) is 0 Å². The second kappa shape index (κ2) is 6.05. The van der Waals surface area contributed by atoms with E-state index in [1.165, 1.54) is 43.2 Å². The first kappa shape index (κ1) is 13.9. The molecule has 0 spiro atoms. The van der Waals surface area contributed by atoms with E-state index in [-0.39, 0.29) is 5.41 Å². The fourth-order valence-electron chi connectivity index (χ4n) is 3.14. The lowest BCUT2D eigenvalue weighted by Crippen LogP contribution is -2.38. The molecule has 0 radical (unpaired) electrons. The number of methoxy groups -OCH3 is 1. The van der Waals surface area contributed by atoms with Gasteiger partial charge in [0.2, 0.25) is 0 Å². The molecule has 3 heteroatoms. The second-order valence-electron chi connectivity index (χ2n) is 5.28. The van der Waals surface area contributed by atoms with E-state index >= 15 is 0 Å². The summed E-state index contributed by atoms with van der Waals surface area (Å²) in [6.45, 7) is 1.33. The Kier molecular flexibility index (Phi) is 4.66. The summed E-state index contributed by atoms with van der Waals surface area (Å²) < 4.78 is 5.30.